The molecule has 136 valence electrons. The van der Waals surface area contributed by atoms with E-state index in [9.17, 15) is 0 Å². The van der Waals surface area contributed by atoms with Crippen LogP contribution >= 0.6 is 15.9 Å². The van der Waals surface area contributed by atoms with E-state index in [-0.39, 0.29) is 11.4 Å². The third kappa shape index (κ3) is 2.90. The fourth-order valence-corrected chi connectivity index (χ4v) is 3.40. The number of hydrogen-bond acceptors (Lipinski definition) is 6. The van der Waals surface area contributed by atoms with E-state index in [1.165, 1.54) is 0 Å². The number of aliphatic imine (C=N–C) groups is 1. The van der Waals surface area contributed by atoms with Crippen LogP contribution in [0.1, 0.15) is 31.9 Å². The quantitative estimate of drug-likeness (QED) is 0.799. The molecule has 2 aliphatic heterocycles. The highest BCUT2D eigenvalue weighted by Crippen LogP contribution is 2.51. The summed E-state index contributed by atoms with van der Waals surface area (Å²) in [6.45, 7) is 7.29. The lowest BCUT2D eigenvalue weighted by Crippen LogP contribution is -2.31. The predicted octanol–water partition coefficient (Wildman–Crippen LogP) is 3.96. The van der Waals surface area contributed by atoms with Gasteiger partial charge in [-0.3, -0.25) is 0 Å². The van der Waals surface area contributed by atoms with Crippen molar-refractivity contribution in [2.75, 3.05) is 13.2 Å². The number of hydrogen-bond donors (Lipinski definition) is 1. The van der Waals surface area contributed by atoms with Crippen LogP contribution in [0.3, 0.4) is 0 Å². The molecule has 6 nitrogen and oxygen atoms in total. The molecule has 1 spiro atoms. The molecule has 0 fully saturated rings. The van der Waals surface area contributed by atoms with Gasteiger partial charge in [0.1, 0.15) is 18.1 Å². The Kier molecular flexibility index (Phi) is 3.87. The zero-order valence-electron chi connectivity index (χ0n) is 14.9. The lowest BCUT2D eigenvalue weighted by Gasteiger charge is -2.33. The smallest absolute Gasteiger partial charge is 0.283 e. The SMILES string of the molecule is CC(C)(C)COc1ccc2c(c1)[C@]1(COC(N)=N1)c1cc(Br)cnc1O2. The molecule has 0 aliphatic carbocycles. The van der Waals surface area contributed by atoms with Crippen LogP contribution in [0.2, 0.25) is 0 Å². The van der Waals surface area contributed by atoms with E-state index in [0.717, 1.165) is 21.3 Å². The summed E-state index contributed by atoms with van der Waals surface area (Å²) < 4.78 is 18.4. The Bertz CT molecular complexity index is 907. The number of halogens is 1. The summed E-state index contributed by atoms with van der Waals surface area (Å²) in [5, 5.41) is 0. The number of pyridine rings is 1. The van der Waals surface area contributed by atoms with Gasteiger partial charge in [-0.2, -0.15) is 0 Å². The third-order valence-corrected chi connectivity index (χ3v) is 4.70. The minimum Gasteiger partial charge on any atom is -0.493 e. The average Bonchev–Trinajstić information content (AvgIpc) is 2.96. The van der Waals surface area contributed by atoms with Gasteiger partial charge in [0, 0.05) is 16.2 Å². The van der Waals surface area contributed by atoms with Crippen LogP contribution in [0.4, 0.5) is 0 Å². The second-order valence-corrected chi connectivity index (χ2v) is 8.63. The number of ether oxygens (including phenoxy) is 3. The minimum atomic E-state index is -0.787. The van der Waals surface area contributed by atoms with E-state index in [1.54, 1.807) is 6.20 Å². The predicted molar refractivity (Wildman–Crippen MR) is 102 cm³/mol. The maximum atomic E-state index is 6.00. The number of rotatable bonds is 2. The van der Waals surface area contributed by atoms with E-state index >= 15 is 0 Å². The molecule has 26 heavy (non-hydrogen) atoms. The molecule has 2 aromatic rings. The van der Waals surface area contributed by atoms with Gasteiger partial charge in [-0.25, -0.2) is 9.98 Å². The number of nitrogens with zero attached hydrogens (tertiary/aromatic N) is 2. The van der Waals surface area contributed by atoms with Gasteiger partial charge in [0.05, 0.1) is 12.2 Å². The van der Waals surface area contributed by atoms with Crippen LogP contribution < -0.4 is 15.2 Å². The van der Waals surface area contributed by atoms with Gasteiger partial charge in [-0.1, -0.05) is 20.8 Å². The molecule has 0 saturated carbocycles. The second kappa shape index (κ2) is 5.87. The van der Waals surface area contributed by atoms with Crippen molar-refractivity contribution >= 4 is 22.0 Å². The number of nitrogens with two attached hydrogens (primary N) is 1. The van der Waals surface area contributed by atoms with Gasteiger partial charge < -0.3 is 19.9 Å². The van der Waals surface area contributed by atoms with E-state index in [0.29, 0.717) is 24.8 Å². The first kappa shape index (κ1) is 17.1. The summed E-state index contributed by atoms with van der Waals surface area (Å²) in [6.07, 6.45) is 1.70. The van der Waals surface area contributed by atoms with Crippen molar-refractivity contribution in [3.8, 4) is 17.4 Å². The zero-order valence-corrected chi connectivity index (χ0v) is 16.5. The fourth-order valence-electron chi connectivity index (χ4n) is 3.07. The molecule has 0 saturated heterocycles. The molecule has 0 unspecified atom stereocenters. The third-order valence-electron chi connectivity index (χ3n) is 4.27. The summed E-state index contributed by atoms with van der Waals surface area (Å²) in [5.74, 6) is 1.94. The second-order valence-electron chi connectivity index (χ2n) is 7.71. The van der Waals surface area contributed by atoms with Gasteiger partial charge in [-0.05, 0) is 45.6 Å². The monoisotopic (exact) mass is 417 g/mol. The molecule has 0 amide bonds. The van der Waals surface area contributed by atoms with Crippen molar-refractivity contribution in [2.45, 2.75) is 26.3 Å². The van der Waals surface area contributed by atoms with Crippen LogP contribution in [-0.2, 0) is 10.3 Å². The molecule has 2 aliphatic rings. The van der Waals surface area contributed by atoms with Crippen LogP contribution in [0.15, 0.2) is 39.9 Å². The Balaban J connectivity index is 1.83. The lowest BCUT2D eigenvalue weighted by atomic mass is 9.82. The molecular formula is C19H20BrN3O3. The molecule has 4 rings (SSSR count). The summed E-state index contributed by atoms with van der Waals surface area (Å²) in [5.41, 5.74) is 6.81. The topological polar surface area (TPSA) is 79.0 Å². The Labute approximate surface area is 160 Å². The normalized spacial score (nSPS) is 20.7. The number of aromatic nitrogens is 1. The highest BCUT2D eigenvalue weighted by atomic mass is 79.9. The van der Waals surface area contributed by atoms with E-state index < -0.39 is 5.54 Å². The van der Waals surface area contributed by atoms with Crippen molar-refractivity contribution in [1.82, 2.24) is 4.98 Å². The Morgan fingerprint density at radius 2 is 2.08 bits per heavy atom. The van der Waals surface area contributed by atoms with Gasteiger partial charge in [0.25, 0.3) is 6.02 Å². The maximum Gasteiger partial charge on any atom is 0.283 e. The Morgan fingerprint density at radius 1 is 1.27 bits per heavy atom. The molecule has 1 aromatic carbocycles. The van der Waals surface area contributed by atoms with Gasteiger partial charge in [0.2, 0.25) is 5.88 Å². The Hall–Kier alpha value is -2.28. The summed E-state index contributed by atoms with van der Waals surface area (Å²) in [4.78, 5) is 9.02. The lowest BCUT2D eigenvalue weighted by molar-refractivity contribution is 0.197. The number of amidine groups is 1. The fraction of sp³-hybridized carbons (Fsp3) is 0.368. The standard InChI is InChI=1S/C19H20BrN3O3/c1-18(2,3)9-24-12-4-5-15-13(7-12)19(10-25-17(21)23-19)14-6-11(20)8-22-16(14)26-15/h4-8H,9-10H2,1-3H3,(H2,21,23)/t19-/m1/s1. The maximum absolute atomic E-state index is 6.00. The number of benzene rings is 1. The molecule has 7 heteroatoms. The highest BCUT2D eigenvalue weighted by molar-refractivity contribution is 9.10. The van der Waals surface area contributed by atoms with Gasteiger partial charge >= 0.3 is 0 Å². The number of fused-ring (bicyclic) bond motifs is 4. The Morgan fingerprint density at radius 3 is 2.77 bits per heavy atom. The summed E-state index contributed by atoms with van der Waals surface area (Å²) in [6, 6.07) is 7.83. The molecule has 0 radical (unpaired) electrons. The van der Waals surface area contributed by atoms with Crippen LogP contribution in [0, 0.1) is 5.41 Å². The minimum absolute atomic E-state index is 0.0600. The van der Waals surface area contributed by atoms with Crippen molar-refractivity contribution in [2.24, 2.45) is 16.1 Å². The molecule has 3 heterocycles. The van der Waals surface area contributed by atoms with Crippen LogP contribution in [-0.4, -0.2) is 24.2 Å². The van der Waals surface area contributed by atoms with Crippen molar-refractivity contribution in [1.29, 1.82) is 0 Å². The first-order chi connectivity index (χ1) is 12.3. The van der Waals surface area contributed by atoms with Gasteiger partial charge in [-0.15, -0.1) is 0 Å². The molecule has 1 aromatic heterocycles. The van der Waals surface area contributed by atoms with Crippen LogP contribution in [0.25, 0.3) is 0 Å². The molecule has 0 bridgehead atoms. The van der Waals surface area contributed by atoms with Crippen molar-refractivity contribution in [3.63, 3.8) is 0 Å². The molecular weight excluding hydrogens is 398 g/mol. The first-order valence-electron chi connectivity index (χ1n) is 8.36. The van der Waals surface area contributed by atoms with Crippen molar-refractivity contribution in [3.05, 3.63) is 46.1 Å². The first-order valence-corrected chi connectivity index (χ1v) is 9.15. The van der Waals surface area contributed by atoms with Crippen LogP contribution in [0.5, 0.6) is 17.4 Å². The highest BCUT2D eigenvalue weighted by Gasteiger charge is 2.47. The largest absolute Gasteiger partial charge is 0.493 e. The van der Waals surface area contributed by atoms with E-state index in [1.807, 2.05) is 24.3 Å². The summed E-state index contributed by atoms with van der Waals surface area (Å²) >= 11 is 3.47. The zero-order chi connectivity index (χ0) is 18.5. The molecule has 2 N–H and O–H groups in total. The molecule has 1 atom stereocenters. The van der Waals surface area contributed by atoms with Gasteiger partial charge in [0.15, 0.2) is 5.54 Å². The summed E-state index contributed by atoms with van der Waals surface area (Å²) in [7, 11) is 0. The average molecular weight is 418 g/mol. The van der Waals surface area contributed by atoms with E-state index in [2.05, 4.69) is 46.7 Å². The van der Waals surface area contributed by atoms with E-state index in [4.69, 9.17) is 19.9 Å². The van der Waals surface area contributed by atoms with Crippen molar-refractivity contribution < 1.29 is 14.2 Å².